The first kappa shape index (κ1) is 24.1. The molecule has 2 amide bonds. The zero-order valence-corrected chi connectivity index (χ0v) is 16.5. The molecule has 0 spiro atoms. The van der Waals surface area contributed by atoms with E-state index < -0.39 is 11.8 Å². The highest BCUT2D eigenvalue weighted by molar-refractivity contribution is 6.34. The lowest BCUT2D eigenvalue weighted by molar-refractivity contribution is -0.140. The number of allylic oxidation sites excluding steroid dienone is 2. The van der Waals surface area contributed by atoms with Crippen LogP contribution in [0, 0.1) is 0 Å². The Balaban J connectivity index is 3.25. The van der Waals surface area contributed by atoms with Gasteiger partial charge in [0, 0.05) is 20.0 Å². The number of ether oxygens (including phenoxy) is 1. The Morgan fingerprint density at radius 2 is 1.31 bits per heavy atom. The van der Waals surface area contributed by atoms with Gasteiger partial charge in [0.15, 0.2) is 0 Å². The van der Waals surface area contributed by atoms with Crippen LogP contribution in [-0.4, -0.2) is 38.5 Å². The highest BCUT2D eigenvalue weighted by Crippen LogP contribution is 2.10. The first-order valence-corrected chi connectivity index (χ1v) is 9.83. The van der Waals surface area contributed by atoms with Crippen molar-refractivity contribution >= 4 is 17.8 Å². The molecule has 0 aliphatic rings. The molecule has 2 N–H and O–H groups in total. The molecule has 6 heteroatoms. The molecule has 0 atom stereocenters. The molecule has 0 heterocycles. The summed E-state index contributed by atoms with van der Waals surface area (Å²) in [5.41, 5.74) is 0. The van der Waals surface area contributed by atoms with Gasteiger partial charge in [-0.2, -0.15) is 0 Å². The minimum atomic E-state index is -0.592. The van der Waals surface area contributed by atoms with Gasteiger partial charge in [-0.05, 0) is 38.5 Å². The molecule has 0 saturated heterocycles. The summed E-state index contributed by atoms with van der Waals surface area (Å²) in [7, 11) is 2.88. The fourth-order valence-corrected chi connectivity index (χ4v) is 2.54. The molecule has 0 aliphatic carbocycles. The van der Waals surface area contributed by atoms with Crippen molar-refractivity contribution in [3.05, 3.63) is 12.2 Å². The Kier molecular flexibility index (Phi) is 16.7. The van der Waals surface area contributed by atoms with Crippen LogP contribution in [0.3, 0.4) is 0 Å². The highest BCUT2D eigenvalue weighted by Gasteiger charge is 2.08. The topological polar surface area (TPSA) is 84.5 Å². The summed E-state index contributed by atoms with van der Waals surface area (Å²) in [6.07, 6.45) is 17.2. The molecule has 0 aromatic carbocycles. The number of unbranched alkanes of at least 4 members (excludes halogenated alkanes) is 9. The van der Waals surface area contributed by atoms with Crippen LogP contribution in [0.4, 0.5) is 0 Å². The van der Waals surface area contributed by atoms with E-state index in [0.717, 1.165) is 38.5 Å². The minimum absolute atomic E-state index is 0.106. The lowest BCUT2D eigenvalue weighted by Crippen LogP contribution is -2.38. The SMILES string of the molecule is CNC(=O)C(=O)NCCCCC=CCCCCCCCCCC(=O)OC. The van der Waals surface area contributed by atoms with E-state index >= 15 is 0 Å². The predicted octanol–water partition coefficient (Wildman–Crippen LogP) is 3.26. The van der Waals surface area contributed by atoms with Crippen LogP contribution in [0.2, 0.25) is 0 Å². The minimum Gasteiger partial charge on any atom is -0.469 e. The van der Waals surface area contributed by atoms with Crippen LogP contribution in [0.15, 0.2) is 12.2 Å². The Morgan fingerprint density at radius 1 is 0.769 bits per heavy atom. The molecule has 0 bridgehead atoms. The van der Waals surface area contributed by atoms with E-state index in [4.69, 9.17) is 0 Å². The third-order valence-corrected chi connectivity index (χ3v) is 4.16. The molecule has 0 aliphatic heterocycles. The van der Waals surface area contributed by atoms with Crippen molar-refractivity contribution in [1.82, 2.24) is 10.6 Å². The van der Waals surface area contributed by atoms with Gasteiger partial charge in [0.1, 0.15) is 0 Å². The smallest absolute Gasteiger partial charge is 0.309 e. The van der Waals surface area contributed by atoms with E-state index in [1.54, 1.807) is 0 Å². The number of carbonyl (C=O) groups is 3. The molecule has 0 aromatic heterocycles. The zero-order valence-electron chi connectivity index (χ0n) is 16.5. The number of methoxy groups -OCH3 is 1. The average molecular weight is 369 g/mol. The van der Waals surface area contributed by atoms with Crippen molar-refractivity contribution in [1.29, 1.82) is 0 Å². The largest absolute Gasteiger partial charge is 0.469 e. The molecule has 6 nitrogen and oxygen atoms in total. The Hall–Kier alpha value is -1.85. The quantitative estimate of drug-likeness (QED) is 0.201. The number of rotatable bonds is 15. The first-order chi connectivity index (χ1) is 12.6. The van der Waals surface area contributed by atoms with Crippen LogP contribution in [0.1, 0.15) is 77.0 Å². The van der Waals surface area contributed by atoms with Crippen molar-refractivity contribution in [2.45, 2.75) is 77.0 Å². The molecule has 0 radical (unpaired) electrons. The summed E-state index contributed by atoms with van der Waals surface area (Å²) in [6, 6.07) is 0. The van der Waals surface area contributed by atoms with Crippen molar-refractivity contribution < 1.29 is 19.1 Å². The number of likely N-dealkylation sites (N-methyl/N-ethyl adjacent to an activating group) is 1. The number of carbonyl (C=O) groups excluding carboxylic acids is 3. The Morgan fingerprint density at radius 3 is 1.88 bits per heavy atom. The Labute approximate surface area is 158 Å². The number of nitrogens with one attached hydrogen (secondary N) is 2. The van der Waals surface area contributed by atoms with Crippen molar-refractivity contribution in [3.8, 4) is 0 Å². The second-order valence-corrected chi connectivity index (χ2v) is 6.39. The number of hydrogen-bond acceptors (Lipinski definition) is 4. The molecule has 0 saturated carbocycles. The number of amides is 2. The van der Waals surface area contributed by atoms with E-state index in [1.165, 1.54) is 46.3 Å². The van der Waals surface area contributed by atoms with Gasteiger partial charge in [-0.15, -0.1) is 0 Å². The molecule has 26 heavy (non-hydrogen) atoms. The van der Waals surface area contributed by atoms with Crippen LogP contribution in [-0.2, 0) is 19.1 Å². The molecule has 0 aromatic rings. The zero-order chi connectivity index (χ0) is 19.5. The van der Waals surface area contributed by atoms with Crippen LogP contribution >= 0.6 is 0 Å². The van der Waals surface area contributed by atoms with Gasteiger partial charge in [0.2, 0.25) is 0 Å². The fraction of sp³-hybridized carbons (Fsp3) is 0.750. The second-order valence-electron chi connectivity index (χ2n) is 6.39. The molecule has 0 rings (SSSR count). The second kappa shape index (κ2) is 18.0. The van der Waals surface area contributed by atoms with Crippen molar-refractivity contribution in [2.24, 2.45) is 0 Å². The molecular weight excluding hydrogens is 332 g/mol. The van der Waals surface area contributed by atoms with Gasteiger partial charge in [0.25, 0.3) is 0 Å². The van der Waals surface area contributed by atoms with Crippen molar-refractivity contribution in [3.63, 3.8) is 0 Å². The Bertz CT molecular complexity index is 422. The maximum Gasteiger partial charge on any atom is 0.309 e. The maximum atomic E-state index is 11.2. The normalized spacial score (nSPS) is 10.7. The van der Waals surface area contributed by atoms with Gasteiger partial charge in [-0.1, -0.05) is 44.3 Å². The van der Waals surface area contributed by atoms with Crippen LogP contribution in [0.25, 0.3) is 0 Å². The first-order valence-electron chi connectivity index (χ1n) is 9.83. The standard InChI is InChI=1S/C20H36N2O4/c1-21-19(24)20(25)22-17-15-13-11-9-7-5-3-4-6-8-10-12-14-16-18(23)26-2/h7,9H,3-6,8,10-17H2,1-2H3,(H,21,24)(H,22,25). The predicted molar refractivity (Wildman–Crippen MR) is 104 cm³/mol. The van der Waals surface area contributed by atoms with Crippen molar-refractivity contribution in [2.75, 3.05) is 20.7 Å². The number of hydrogen-bond donors (Lipinski definition) is 2. The lowest BCUT2D eigenvalue weighted by Gasteiger charge is -2.02. The van der Waals surface area contributed by atoms with Gasteiger partial charge < -0.3 is 15.4 Å². The molecular formula is C20H36N2O4. The van der Waals surface area contributed by atoms with Gasteiger partial charge in [-0.3, -0.25) is 14.4 Å². The van der Waals surface area contributed by atoms with Crippen LogP contribution < -0.4 is 10.6 Å². The van der Waals surface area contributed by atoms with Gasteiger partial charge in [0.05, 0.1) is 7.11 Å². The third kappa shape index (κ3) is 15.7. The van der Waals surface area contributed by atoms with E-state index in [-0.39, 0.29) is 5.97 Å². The summed E-state index contributed by atoms with van der Waals surface area (Å²) in [5, 5.41) is 4.88. The molecule has 0 fully saturated rings. The summed E-state index contributed by atoms with van der Waals surface area (Å²) in [4.78, 5) is 33.1. The summed E-state index contributed by atoms with van der Waals surface area (Å²) in [5.74, 6) is -1.26. The monoisotopic (exact) mass is 368 g/mol. The van der Waals surface area contributed by atoms with Gasteiger partial charge >= 0.3 is 17.8 Å². The lowest BCUT2D eigenvalue weighted by atomic mass is 10.1. The summed E-state index contributed by atoms with van der Waals surface area (Å²) in [6.45, 7) is 0.541. The highest BCUT2D eigenvalue weighted by atomic mass is 16.5. The summed E-state index contributed by atoms with van der Waals surface area (Å²) >= 11 is 0. The van der Waals surface area contributed by atoms with Gasteiger partial charge in [-0.25, -0.2) is 0 Å². The summed E-state index contributed by atoms with van der Waals surface area (Å²) < 4.78 is 4.62. The molecule has 150 valence electrons. The molecule has 0 unspecified atom stereocenters. The van der Waals surface area contributed by atoms with Crippen LogP contribution in [0.5, 0.6) is 0 Å². The number of esters is 1. The van der Waals surface area contributed by atoms with E-state index in [9.17, 15) is 14.4 Å². The van der Waals surface area contributed by atoms with E-state index in [0.29, 0.717) is 13.0 Å². The van der Waals surface area contributed by atoms with E-state index in [1.807, 2.05) is 0 Å². The average Bonchev–Trinajstić information content (AvgIpc) is 2.66. The third-order valence-electron chi connectivity index (χ3n) is 4.16. The van der Waals surface area contributed by atoms with E-state index in [2.05, 4.69) is 27.5 Å². The maximum absolute atomic E-state index is 11.2. The fourth-order valence-electron chi connectivity index (χ4n) is 2.54.